The number of fused-ring (bicyclic) bond motifs is 1. The van der Waals surface area contributed by atoms with Crippen molar-refractivity contribution in [3.8, 4) is 0 Å². The van der Waals surface area contributed by atoms with Gasteiger partial charge < -0.3 is 15.1 Å². The SMILES string of the molecule is C=C1[C@H](O)CC(=C/C=C2\CCC[C@]3(C)[C@@H](C(C)CN4CC[C@@H](CC(F)F)C4)CC[C@@H]23)C[C@H]1O. The Balaban J connectivity index is 1.40. The molecule has 0 spiro atoms. The van der Waals surface area contributed by atoms with Crippen LogP contribution in [0.5, 0.6) is 0 Å². The minimum atomic E-state index is -2.18. The number of hydrogen-bond acceptors (Lipinski definition) is 3. The average molecular weight is 464 g/mol. The first kappa shape index (κ1) is 25.1. The van der Waals surface area contributed by atoms with Gasteiger partial charge >= 0.3 is 0 Å². The summed E-state index contributed by atoms with van der Waals surface area (Å²) in [5, 5.41) is 20.3. The molecular weight excluding hydrogens is 420 g/mol. The van der Waals surface area contributed by atoms with E-state index in [0.29, 0.717) is 41.6 Å². The molecule has 0 amide bonds. The second-order valence-corrected chi connectivity index (χ2v) is 11.7. The lowest BCUT2D eigenvalue weighted by Crippen LogP contribution is -2.39. The topological polar surface area (TPSA) is 43.7 Å². The van der Waals surface area contributed by atoms with E-state index in [0.717, 1.165) is 38.0 Å². The standard InChI is InChI=1S/C28H43F2NO2/c1-18(16-31-12-10-21(17-31)15-27(29)30)23-8-9-24-22(5-4-11-28(23,24)3)7-6-20-13-25(32)19(2)26(33)14-20/h6-7,18,21,23-27,32-33H,2,4-5,8-17H2,1,3H3/b22-7+/t18?,21-,23+,24-,25+,26+,28+/m0/s1. The fraction of sp³-hybridized carbons (Fsp3) is 0.786. The second-order valence-electron chi connectivity index (χ2n) is 11.7. The summed E-state index contributed by atoms with van der Waals surface area (Å²) in [5.74, 6) is 2.02. The third-order valence-corrected chi connectivity index (χ3v) is 9.45. The summed E-state index contributed by atoms with van der Waals surface area (Å²) < 4.78 is 25.6. The van der Waals surface area contributed by atoms with Crippen LogP contribution in [0.2, 0.25) is 0 Å². The van der Waals surface area contributed by atoms with Crippen molar-refractivity contribution >= 4 is 0 Å². The van der Waals surface area contributed by atoms with Crippen LogP contribution in [0.4, 0.5) is 8.78 Å². The molecule has 33 heavy (non-hydrogen) atoms. The predicted molar refractivity (Wildman–Crippen MR) is 129 cm³/mol. The zero-order chi connectivity index (χ0) is 23.8. The summed E-state index contributed by atoms with van der Waals surface area (Å²) in [6, 6.07) is 0. The molecule has 3 aliphatic carbocycles. The number of aliphatic hydroxyl groups is 2. The molecule has 5 heteroatoms. The molecule has 3 nitrogen and oxygen atoms in total. The highest BCUT2D eigenvalue weighted by molar-refractivity contribution is 5.29. The lowest BCUT2D eigenvalue weighted by molar-refractivity contribution is 0.0797. The lowest BCUT2D eigenvalue weighted by atomic mass is 9.61. The van der Waals surface area contributed by atoms with Gasteiger partial charge in [0.15, 0.2) is 0 Å². The maximum Gasteiger partial charge on any atom is 0.238 e. The van der Waals surface area contributed by atoms with Crippen LogP contribution >= 0.6 is 0 Å². The Labute approximate surface area is 198 Å². The third kappa shape index (κ3) is 5.46. The average Bonchev–Trinajstić information content (AvgIpc) is 3.33. The molecule has 4 aliphatic rings. The molecule has 0 aromatic carbocycles. The molecule has 1 unspecified atom stereocenters. The van der Waals surface area contributed by atoms with Gasteiger partial charge in [0.05, 0.1) is 12.2 Å². The van der Waals surface area contributed by atoms with E-state index >= 15 is 0 Å². The number of likely N-dealkylation sites (tertiary alicyclic amines) is 1. The van der Waals surface area contributed by atoms with Crippen molar-refractivity contribution in [3.63, 3.8) is 0 Å². The van der Waals surface area contributed by atoms with Crippen LogP contribution in [0, 0.1) is 29.1 Å². The summed E-state index contributed by atoms with van der Waals surface area (Å²) in [6.07, 6.45) is 9.23. The Hall–Kier alpha value is -1.04. The van der Waals surface area contributed by atoms with Gasteiger partial charge in [-0.15, -0.1) is 0 Å². The number of allylic oxidation sites excluding steroid dienone is 3. The van der Waals surface area contributed by atoms with Gasteiger partial charge in [-0.05, 0) is 92.6 Å². The highest BCUT2D eigenvalue weighted by Crippen LogP contribution is 2.59. The maximum atomic E-state index is 12.8. The maximum absolute atomic E-state index is 12.8. The van der Waals surface area contributed by atoms with Gasteiger partial charge in [0, 0.05) is 19.5 Å². The molecule has 7 atom stereocenters. The third-order valence-electron chi connectivity index (χ3n) is 9.45. The van der Waals surface area contributed by atoms with Gasteiger partial charge in [-0.25, -0.2) is 8.78 Å². The number of rotatable bonds is 6. The summed E-state index contributed by atoms with van der Waals surface area (Å²) >= 11 is 0. The van der Waals surface area contributed by atoms with Crippen LogP contribution in [-0.2, 0) is 0 Å². The largest absolute Gasteiger partial charge is 0.388 e. The quantitative estimate of drug-likeness (QED) is 0.494. The summed E-state index contributed by atoms with van der Waals surface area (Å²) in [4.78, 5) is 2.44. The Bertz CT molecular complexity index is 762. The van der Waals surface area contributed by atoms with Gasteiger partial charge in [0.1, 0.15) is 0 Å². The Morgan fingerprint density at radius 3 is 2.58 bits per heavy atom. The van der Waals surface area contributed by atoms with E-state index in [1.807, 2.05) is 0 Å². The number of nitrogens with zero attached hydrogens (tertiary/aromatic N) is 1. The van der Waals surface area contributed by atoms with Crippen molar-refractivity contribution in [1.82, 2.24) is 4.90 Å². The molecule has 0 bridgehead atoms. The van der Waals surface area contributed by atoms with E-state index in [-0.39, 0.29) is 12.3 Å². The highest BCUT2D eigenvalue weighted by Gasteiger charge is 2.50. The van der Waals surface area contributed by atoms with E-state index in [9.17, 15) is 19.0 Å². The molecule has 0 aromatic rings. The first-order chi connectivity index (χ1) is 15.7. The number of alkyl halides is 2. The molecule has 1 heterocycles. The van der Waals surface area contributed by atoms with Crippen molar-refractivity contribution in [1.29, 1.82) is 0 Å². The normalized spacial score (nSPS) is 40.0. The Morgan fingerprint density at radius 1 is 1.15 bits per heavy atom. The zero-order valence-electron chi connectivity index (χ0n) is 20.5. The molecule has 3 saturated carbocycles. The number of halogens is 2. The molecule has 186 valence electrons. The van der Waals surface area contributed by atoms with Gasteiger partial charge in [-0.1, -0.05) is 43.7 Å². The minimum Gasteiger partial charge on any atom is -0.388 e. The molecule has 0 radical (unpaired) electrons. The molecule has 1 saturated heterocycles. The van der Waals surface area contributed by atoms with Crippen LogP contribution in [0.1, 0.15) is 71.6 Å². The van der Waals surface area contributed by atoms with E-state index in [1.165, 1.54) is 31.3 Å². The van der Waals surface area contributed by atoms with Crippen LogP contribution in [0.3, 0.4) is 0 Å². The van der Waals surface area contributed by atoms with Crippen LogP contribution in [0.15, 0.2) is 35.5 Å². The van der Waals surface area contributed by atoms with Crippen molar-refractivity contribution in [2.45, 2.75) is 90.3 Å². The molecule has 4 rings (SSSR count). The summed E-state index contributed by atoms with van der Waals surface area (Å²) in [7, 11) is 0. The van der Waals surface area contributed by atoms with Crippen molar-refractivity contribution in [2.75, 3.05) is 19.6 Å². The van der Waals surface area contributed by atoms with Gasteiger partial charge in [0.2, 0.25) is 6.43 Å². The fourth-order valence-electron chi connectivity index (χ4n) is 7.70. The predicted octanol–water partition coefficient (Wildman–Crippen LogP) is 5.74. The van der Waals surface area contributed by atoms with Crippen molar-refractivity contribution in [3.05, 3.63) is 35.5 Å². The van der Waals surface area contributed by atoms with E-state index in [2.05, 4.69) is 37.5 Å². The monoisotopic (exact) mass is 463 g/mol. The Kier molecular flexibility index (Phi) is 7.82. The van der Waals surface area contributed by atoms with Gasteiger partial charge in [-0.2, -0.15) is 0 Å². The number of aliphatic hydroxyl groups excluding tert-OH is 2. The highest BCUT2D eigenvalue weighted by atomic mass is 19.3. The fourth-order valence-corrected chi connectivity index (χ4v) is 7.70. The summed E-state index contributed by atoms with van der Waals surface area (Å²) in [5.41, 5.74) is 3.50. The molecule has 0 aromatic heterocycles. The Morgan fingerprint density at radius 2 is 1.88 bits per heavy atom. The van der Waals surface area contributed by atoms with Gasteiger partial charge in [0.25, 0.3) is 0 Å². The number of hydrogen-bond donors (Lipinski definition) is 2. The van der Waals surface area contributed by atoms with E-state index < -0.39 is 18.6 Å². The van der Waals surface area contributed by atoms with Crippen molar-refractivity contribution < 1.29 is 19.0 Å². The summed E-state index contributed by atoms with van der Waals surface area (Å²) in [6.45, 7) is 11.5. The lowest BCUT2D eigenvalue weighted by Gasteiger charge is -2.45. The van der Waals surface area contributed by atoms with E-state index in [1.54, 1.807) is 0 Å². The smallest absolute Gasteiger partial charge is 0.238 e. The van der Waals surface area contributed by atoms with Crippen LogP contribution < -0.4 is 0 Å². The molecule has 1 aliphatic heterocycles. The van der Waals surface area contributed by atoms with E-state index in [4.69, 9.17) is 0 Å². The van der Waals surface area contributed by atoms with Crippen LogP contribution in [-0.4, -0.2) is 53.4 Å². The first-order valence-electron chi connectivity index (χ1n) is 13.1. The first-order valence-corrected chi connectivity index (χ1v) is 13.1. The van der Waals surface area contributed by atoms with Crippen molar-refractivity contribution in [2.24, 2.45) is 29.1 Å². The minimum absolute atomic E-state index is 0.0555. The second kappa shape index (κ2) is 10.3. The molecule has 2 N–H and O–H groups in total. The molecule has 4 fully saturated rings. The van der Waals surface area contributed by atoms with Gasteiger partial charge in [-0.3, -0.25) is 0 Å². The van der Waals surface area contributed by atoms with Crippen LogP contribution in [0.25, 0.3) is 0 Å². The zero-order valence-corrected chi connectivity index (χ0v) is 20.5. The molecular formula is C28H43F2NO2.